The normalized spacial score (nSPS) is 9.93. The van der Waals surface area contributed by atoms with E-state index in [1.807, 2.05) is 0 Å². The predicted molar refractivity (Wildman–Crippen MR) is 117 cm³/mol. The minimum atomic E-state index is -0.317. The van der Waals surface area contributed by atoms with Gasteiger partial charge in [0.1, 0.15) is 0 Å². The van der Waals surface area contributed by atoms with Crippen molar-refractivity contribution in [3.8, 4) is 0 Å². The predicted octanol–water partition coefficient (Wildman–Crippen LogP) is 4.49. The molecule has 0 unspecified atom stereocenters. The van der Waals surface area contributed by atoms with Gasteiger partial charge in [-0.15, -0.1) is 0 Å². The fourth-order valence-corrected chi connectivity index (χ4v) is 2.24. The highest BCUT2D eigenvalue weighted by Gasteiger charge is 2.02. The molecule has 0 radical (unpaired) electrons. The van der Waals surface area contributed by atoms with E-state index in [-0.39, 0.29) is 18.5 Å². The van der Waals surface area contributed by atoms with Gasteiger partial charge in [-0.2, -0.15) is 0 Å². The van der Waals surface area contributed by atoms with E-state index in [1.54, 1.807) is 13.8 Å². The Balaban J connectivity index is 0. The Morgan fingerprint density at radius 3 is 1.14 bits per heavy atom. The zero-order chi connectivity index (χ0) is 22.3. The van der Waals surface area contributed by atoms with Crippen LogP contribution in [0, 0.1) is 0 Å². The Bertz CT molecular complexity index is 445. The second-order valence-corrected chi connectivity index (χ2v) is 7.17. The first-order valence-electron chi connectivity index (χ1n) is 10.7. The number of unbranched alkanes of at least 4 members (excludes halogenated alkanes) is 9. The van der Waals surface area contributed by atoms with Crippen LogP contribution < -0.4 is 0 Å². The fraction of sp³-hybridized carbons (Fsp3) is 0.739. The highest BCUT2D eigenvalue weighted by molar-refractivity contribution is 5.87. The maximum atomic E-state index is 11.0. The zero-order valence-electron chi connectivity index (χ0n) is 18.5. The Hall–Kier alpha value is -1.66. The lowest BCUT2D eigenvalue weighted by molar-refractivity contribution is -0.139. The maximum Gasteiger partial charge on any atom is 0.333 e. The summed E-state index contributed by atoms with van der Waals surface area (Å²) in [6.07, 6.45) is 11.3. The minimum Gasteiger partial charge on any atom is -0.462 e. The molecule has 0 heterocycles. The highest BCUT2D eigenvalue weighted by Crippen LogP contribution is 2.07. The van der Waals surface area contributed by atoms with E-state index in [9.17, 15) is 9.59 Å². The number of ether oxygens (including phenoxy) is 2. The van der Waals surface area contributed by atoms with Crippen molar-refractivity contribution in [1.29, 1.82) is 0 Å². The van der Waals surface area contributed by atoms with Gasteiger partial charge in [0.25, 0.3) is 0 Å². The van der Waals surface area contributed by atoms with E-state index in [2.05, 4.69) is 13.2 Å². The maximum absolute atomic E-state index is 11.0. The third kappa shape index (κ3) is 24.3. The molecule has 0 aromatic rings. The van der Waals surface area contributed by atoms with Gasteiger partial charge in [-0.25, -0.2) is 9.59 Å². The van der Waals surface area contributed by atoms with Crippen molar-refractivity contribution in [2.45, 2.75) is 84.5 Å². The third-order valence-electron chi connectivity index (χ3n) is 4.02. The molecule has 170 valence electrons. The average molecular weight is 415 g/mol. The lowest BCUT2D eigenvalue weighted by Gasteiger charge is -2.04. The molecule has 0 fully saturated rings. The number of hydrogen-bond donors (Lipinski definition) is 2. The average Bonchev–Trinajstić information content (AvgIpc) is 2.69. The van der Waals surface area contributed by atoms with E-state index < -0.39 is 0 Å². The summed E-state index contributed by atoms with van der Waals surface area (Å²) < 4.78 is 9.86. The van der Waals surface area contributed by atoms with Crippen LogP contribution in [0.15, 0.2) is 24.3 Å². The summed E-state index contributed by atoms with van der Waals surface area (Å²) in [5, 5.41) is 17.1. The molecule has 0 aromatic heterocycles. The summed E-state index contributed by atoms with van der Waals surface area (Å²) in [5.41, 5.74) is 0.902. The second-order valence-electron chi connectivity index (χ2n) is 7.17. The quantitative estimate of drug-likeness (QED) is 0.207. The van der Waals surface area contributed by atoms with Gasteiger partial charge in [-0.1, -0.05) is 51.7 Å². The Kier molecular flexibility index (Phi) is 23.0. The summed E-state index contributed by atoms with van der Waals surface area (Å²) >= 11 is 0. The van der Waals surface area contributed by atoms with Crippen LogP contribution in [0.5, 0.6) is 0 Å². The molecule has 0 aliphatic carbocycles. The zero-order valence-corrected chi connectivity index (χ0v) is 18.5. The molecule has 0 saturated carbocycles. The van der Waals surface area contributed by atoms with E-state index >= 15 is 0 Å². The highest BCUT2D eigenvalue weighted by atomic mass is 16.5. The van der Waals surface area contributed by atoms with E-state index in [1.165, 1.54) is 19.3 Å². The van der Waals surface area contributed by atoms with Crippen LogP contribution in [-0.4, -0.2) is 48.6 Å². The molecule has 0 spiro atoms. The monoisotopic (exact) mass is 414 g/mol. The van der Waals surface area contributed by atoms with Gasteiger partial charge < -0.3 is 19.7 Å². The summed E-state index contributed by atoms with van der Waals surface area (Å²) in [4.78, 5) is 21.9. The van der Waals surface area contributed by atoms with Crippen molar-refractivity contribution in [2.24, 2.45) is 0 Å². The Morgan fingerprint density at radius 2 is 0.862 bits per heavy atom. The number of aliphatic hydroxyl groups is 2. The summed E-state index contributed by atoms with van der Waals surface area (Å²) in [6.45, 7) is 11.8. The van der Waals surface area contributed by atoms with Crippen molar-refractivity contribution in [3.05, 3.63) is 24.3 Å². The molecule has 0 rings (SSSR count). The second kappa shape index (κ2) is 22.6. The number of esters is 2. The van der Waals surface area contributed by atoms with Crippen LogP contribution >= 0.6 is 0 Å². The van der Waals surface area contributed by atoms with Crippen molar-refractivity contribution in [2.75, 3.05) is 26.4 Å². The van der Waals surface area contributed by atoms with Crippen molar-refractivity contribution in [3.63, 3.8) is 0 Å². The lowest BCUT2D eigenvalue weighted by Crippen LogP contribution is -2.06. The first-order valence-corrected chi connectivity index (χ1v) is 10.7. The van der Waals surface area contributed by atoms with Crippen LogP contribution in [0.25, 0.3) is 0 Å². The largest absolute Gasteiger partial charge is 0.462 e. The topological polar surface area (TPSA) is 93.1 Å². The molecule has 0 atom stereocenters. The first-order chi connectivity index (χ1) is 13.9. The summed E-state index contributed by atoms with van der Waals surface area (Å²) in [7, 11) is 0. The number of hydrogen-bond acceptors (Lipinski definition) is 6. The SMILES string of the molecule is C=C(C)C(=O)OCCCCCCCCCO.C=C(C)C(=O)OCCCCCCO. The molecule has 0 aliphatic heterocycles. The molecule has 6 heteroatoms. The van der Waals surface area contributed by atoms with Crippen LogP contribution in [0.3, 0.4) is 0 Å². The van der Waals surface area contributed by atoms with E-state index in [4.69, 9.17) is 19.7 Å². The molecule has 6 nitrogen and oxygen atoms in total. The molecule has 0 aromatic carbocycles. The summed E-state index contributed by atoms with van der Waals surface area (Å²) in [6, 6.07) is 0. The molecule has 0 bridgehead atoms. The van der Waals surface area contributed by atoms with Gasteiger partial charge in [-0.05, 0) is 46.0 Å². The van der Waals surface area contributed by atoms with Crippen molar-refractivity contribution >= 4 is 11.9 Å². The van der Waals surface area contributed by atoms with E-state index in [0.29, 0.717) is 31.0 Å². The molecule has 0 saturated heterocycles. The molecule has 0 aliphatic rings. The van der Waals surface area contributed by atoms with Crippen LogP contribution in [-0.2, 0) is 19.1 Å². The number of carbonyl (C=O) groups is 2. The number of aliphatic hydroxyl groups excluding tert-OH is 2. The summed E-state index contributed by atoms with van der Waals surface area (Å²) in [5.74, 6) is -0.606. The van der Waals surface area contributed by atoms with Gasteiger partial charge in [0.05, 0.1) is 13.2 Å². The van der Waals surface area contributed by atoms with Crippen LogP contribution in [0.1, 0.15) is 84.5 Å². The first kappa shape index (κ1) is 29.5. The van der Waals surface area contributed by atoms with Gasteiger partial charge in [-0.3, -0.25) is 0 Å². The van der Waals surface area contributed by atoms with E-state index in [0.717, 1.165) is 51.4 Å². The van der Waals surface area contributed by atoms with Crippen LogP contribution in [0.2, 0.25) is 0 Å². The lowest BCUT2D eigenvalue weighted by atomic mass is 10.1. The minimum absolute atomic E-state index is 0.242. The number of carbonyl (C=O) groups excluding carboxylic acids is 2. The molecule has 0 amide bonds. The smallest absolute Gasteiger partial charge is 0.333 e. The molecule has 29 heavy (non-hydrogen) atoms. The molecule has 2 N–H and O–H groups in total. The van der Waals surface area contributed by atoms with Gasteiger partial charge in [0.15, 0.2) is 0 Å². The standard InChI is InChI=1S/C13H24O3.C10H18O3/c1-12(2)13(15)16-11-9-7-5-3-4-6-8-10-14;1-9(2)10(12)13-8-6-4-3-5-7-11/h14H,1,3-11H2,2H3;11H,1,3-8H2,2H3. The van der Waals surface area contributed by atoms with Crippen molar-refractivity contribution < 1.29 is 29.3 Å². The van der Waals surface area contributed by atoms with Crippen LogP contribution in [0.4, 0.5) is 0 Å². The number of rotatable bonds is 17. The van der Waals surface area contributed by atoms with Gasteiger partial charge in [0.2, 0.25) is 0 Å². The Morgan fingerprint density at radius 1 is 0.586 bits per heavy atom. The van der Waals surface area contributed by atoms with Crippen molar-refractivity contribution in [1.82, 2.24) is 0 Å². The molecular weight excluding hydrogens is 372 g/mol. The Labute approximate surface area is 177 Å². The van der Waals surface area contributed by atoms with Gasteiger partial charge in [0, 0.05) is 24.4 Å². The van der Waals surface area contributed by atoms with Gasteiger partial charge >= 0.3 is 11.9 Å². The molecular formula is C23H42O6. The fourth-order valence-electron chi connectivity index (χ4n) is 2.24. The third-order valence-corrected chi connectivity index (χ3v) is 4.02.